The molecule has 0 aliphatic rings. The maximum atomic E-state index is 13.4. The number of carbonyl (C=O) groups excluding carboxylic acids is 3. The molecular formula is C31H25ClIN3O3S. The molecule has 0 aromatic heterocycles. The Kier molecular flexibility index (Phi) is 10.4. The third-order valence-electron chi connectivity index (χ3n) is 5.62. The van der Waals surface area contributed by atoms with Crippen molar-refractivity contribution in [1.82, 2.24) is 5.32 Å². The molecule has 3 amide bonds. The summed E-state index contributed by atoms with van der Waals surface area (Å²) < 4.78 is 1.08. The second-order valence-corrected chi connectivity index (χ2v) is 11.7. The number of anilines is 2. The Morgan fingerprint density at radius 3 is 2.25 bits per heavy atom. The lowest BCUT2D eigenvalue weighted by Crippen LogP contribution is -2.30. The Morgan fingerprint density at radius 2 is 1.52 bits per heavy atom. The Bertz CT molecular complexity index is 1550. The molecule has 1 atom stereocenters. The summed E-state index contributed by atoms with van der Waals surface area (Å²) in [6.07, 6.45) is 1.54. The molecule has 0 aliphatic heterocycles. The first-order valence-corrected chi connectivity index (χ1v) is 14.6. The molecule has 4 aromatic rings. The Balaban J connectivity index is 1.48. The van der Waals surface area contributed by atoms with Crippen molar-refractivity contribution in [3.05, 3.63) is 129 Å². The van der Waals surface area contributed by atoms with Gasteiger partial charge in [-0.2, -0.15) is 0 Å². The summed E-state index contributed by atoms with van der Waals surface area (Å²) in [5.41, 5.74) is 2.27. The number of hydrogen-bond acceptors (Lipinski definition) is 4. The molecular weight excluding hydrogens is 657 g/mol. The molecule has 0 radical (unpaired) electrons. The van der Waals surface area contributed by atoms with Gasteiger partial charge < -0.3 is 16.0 Å². The molecule has 3 N–H and O–H groups in total. The Labute approximate surface area is 255 Å². The van der Waals surface area contributed by atoms with Gasteiger partial charge in [-0.05, 0) is 102 Å². The molecule has 0 bridgehead atoms. The molecule has 6 nitrogen and oxygen atoms in total. The maximum Gasteiger partial charge on any atom is 0.272 e. The van der Waals surface area contributed by atoms with E-state index in [1.54, 1.807) is 66.7 Å². The molecule has 1 unspecified atom stereocenters. The largest absolute Gasteiger partial charge is 0.325 e. The van der Waals surface area contributed by atoms with Crippen LogP contribution in [0, 0.1) is 3.57 Å². The van der Waals surface area contributed by atoms with Crippen LogP contribution in [0.1, 0.15) is 22.8 Å². The van der Waals surface area contributed by atoms with E-state index in [1.807, 2.05) is 43.3 Å². The predicted octanol–water partition coefficient (Wildman–Crippen LogP) is 7.47. The topological polar surface area (TPSA) is 87.3 Å². The monoisotopic (exact) mass is 681 g/mol. The van der Waals surface area contributed by atoms with Gasteiger partial charge in [0.1, 0.15) is 5.70 Å². The number of carbonyl (C=O) groups is 3. The Hall–Kier alpha value is -3.60. The second-order valence-electron chi connectivity index (χ2n) is 8.64. The molecule has 202 valence electrons. The van der Waals surface area contributed by atoms with Gasteiger partial charge in [-0.25, -0.2) is 0 Å². The van der Waals surface area contributed by atoms with Crippen LogP contribution in [0.25, 0.3) is 6.08 Å². The summed E-state index contributed by atoms with van der Waals surface area (Å²) >= 11 is 9.90. The van der Waals surface area contributed by atoms with Gasteiger partial charge >= 0.3 is 0 Å². The molecule has 0 saturated heterocycles. The smallest absolute Gasteiger partial charge is 0.272 e. The van der Waals surface area contributed by atoms with E-state index in [9.17, 15) is 14.4 Å². The molecule has 0 spiro atoms. The van der Waals surface area contributed by atoms with Crippen molar-refractivity contribution in [1.29, 1.82) is 0 Å². The van der Waals surface area contributed by atoms with Gasteiger partial charge in [0.2, 0.25) is 5.91 Å². The minimum atomic E-state index is -0.518. The average Bonchev–Trinajstić information content (AvgIpc) is 2.95. The summed E-state index contributed by atoms with van der Waals surface area (Å²) in [5.74, 6) is -1.07. The van der Waals surface area contributed by atoms with Gasteiger partial charge in [0.05, 0.1) is 5.25 Å². The molecule has 0 saturated carbocycles. The fraction of sp³-hybridized carbons (Fsp3) is 0.0645. The summed E-state index contributed by atoms with van der Waals surface area (Å²) in [5, 5.41) is 8.54. The maximum absolute atomic E-state index is 13.4. The van der Waals surface area contributed by atoms with E-state index in [0.717, 1.165) is 14.2 Å². The molecule has 9 heteroatoms. The first-order chi connectivity index (χ1) is 19.3. The van der Waals surface area contributed by atoms with Crippen molar-refractivity contribution in [3.8, 4) is 0 Å². The minimum absolute atomic E-state index is 0.0327. The molecule has 0 aliphatic carbocycles. The molecule has 4 rings (SSSR count). The van der Waals surface area contributed by atoms with Gasteiger partial charge in [-0.1, -0.05) is 54.1 Å². The number of hydrogen-bond donors (Lipinski definition) is 3. The zero-order valence-electron chi connectivity index (χ0n) is 21.4. The van der Waals surface area contributed by atoms with Crippen molar-refractivity contribution in [3.63, 3.8) is 0 Å². The number of benzene rings is 4. The van der Waals surface area contributed by atoms with Gasteiger partial charge in [0, 0.05) is 30.4 Å². The van der Waals surface area contributed by atoms with E-state index < -0.39 is 11.8 Å². The van der Waals surface area contributed by atoms with E-state index in [1.165, 1.54) is 17.8 Å². The highest BCUT2D eigenvalue weighted by Crippen LogP contribution is 2.27. The second kappa shape index (κ2) is 14.2. The van der Waals surface area contributed by atoms with Crippen molar-refractivity contribution in [2.45, 2.75) is 17.1 Å². The van der Waals surface area contributed by atoms with E-state index in [4.69, 9.17) is 11.6 Å². The molecule has 4 aromatic carbocycles. The van der Waals surface area contributed by atoms with Crippen LogP contribution in [-0.2, 0) is 9.59 Å². The fourth-order valence-electron chi connectivity index (χ4n) is 3.57. The normalized spacial score (nSPS) is 11.8. The van der Waals surface area contributed by atoms with Gasteiger partial charge in [0.15, 0.2) is 0 Å². The third kappa shape index (κ3) is 8.45. The lowest BCUT2D eigenvalue weighted by Gasteiger charge is -2.14. The van der Waals surface area contributed by atoms with Gasteiger partial charge in [-0.3, -0.25) is 14.4 Å². The number of nitrogens with one attached hydrogen (secondary N) is 3. The van der Waals surface area contributed by atoms with Crippen LogP contribution in [-0.4, -0.2) is 23.0 Å². The lowest BCUT2D eigenvalue weighted by molar-refractivity contribution is -0.115. The predicted molar refractivity (Wildman–Crippen MR) is 172 cm³/mol. The number of thioether (sulfide) groups is 1. The van der Waals surface area contributed by atoms with Crippen LogP contribution in [0.5, 0.6) is 0 Å². The summed E-state index contributed by atoms with van der Waals surface area (Å²) in [4.78, 5) is 39.7. The number of halogens is 2. The van der Waals surface area contributed by atoms with E-state index in [2.05, 4.69) is 38.5 Å². The van der Waals surface area contributed by atoms with Gasteiger partial charge in [0.25, 0.3) is 11.8 Å². The quantitative estimate of drug-likeness (QED) is 0.0972. The van der Waals surface area contributed by atoms with Crippen LogP contribution in [0.2, 0.25) is 5.02 Å². The first kappa shape index (κ1) is 29.4. The number of rotatable bonds is 9. The van der Waals surface area contributed by atoms with Crippen molar-refractivity contribution in [2.75, 3.05) is 10.6 Å². The lowest BCUT2D eigenvalue weighted by atomic mass is 10.1. The van der Waals surface area contributed by atoms with Gasteiger partial charge in [-0.15, -0.1) is 11.8 Å². The minimum Gasteiger partial charge on any atom is -0.325 e. The van der Waals surface area contributed by atoms with Crippen LogP contribution >= 0.6 is 46.0 Å². The summed E-state index contributed by atoms with van der Waals surface area (Å²) in [6.45, 7) is 1.82. The van der Waals surface area contributed by atoms with Crippen LogP contribution < -0.4 is 16.0 Å². The van der Waals surface area contributed by atoms with Crippen molar-refractivity contribution < 1.29 is 14.4 Å². The van der Waals surface area contributed by atoms with Crippen molar-refractivity contribution in [2.24, 2.45) is 0 Å². The third-order valence-corrected chi connectivity index (χ3v) is 7.78. The average molecular weight is 682 g/mol. The van der Waals surface area contributed by atoms with Crippen LogP contribution in [0.3, 0.4) is 0 Å². The first-order valence-electron chi connectivity index (χ1n) is 12.3. The van der Waals surface area contributed by atoms with Crippen LogP contribution in [0.4, 0.5) is 11.4 Å². The van der Waals surface area contributed by atoms with Crippen LogP contribution in [0.15, 0.2) is 114 Å². The zero-order valence-corrected chi connectivity index (χ0v) is 25.1. The highest BCUT2D eigenvalue weighted by atomic mass is 127. The number of amides is 3. The summed E-state index contributed by atoms with van der Waals surface area (Å²) in [6, 6.07) is 30.4. The summed E-state index contributed by atoms with van der Waals surface area (Å²) in [7, 11) is 0. The van der Waals surface area contributed by atoms with E-state index in [-0.39, 0.29) is 16.9 Å². The molecule has 0 heterocycles. The van der Waals surface area contributed by atoms with E-state index in [0.29, 0.717) is 21.8 Å². The highest BCUT2D eigenvalue weighted by Gasteiger charge is 2.18. The van der Waals surface area contributed by atoms with Crippen molar-refractivity contribution >= 4 is 81.1 Å². The Morgan fingerprint density at radius 1 is 0.825 bits per heavy atom. The fourth-order valence-corrected chi connectivity index (χ4v) is 5.05. The zero-order chi connectivity index (χ0) is 28.5. The molecule has 40 heavy (non-hydrogen) atoms. The highest BCUT2D eigenvalue weighted by molar-refractivity contribution is 14.1. The standard InChI is InChI=1S/C31H25ClIN3O3S/c1-20(29(37)34-24-16-14-23(33)15-17-24)40-26-12-7-11-25(19-26)35-31(39)28(18-22-10-5-6-13-27(22)32)36-30(38)21-8-3-2-4-9-21/h2-20H,1H3,(H,34,37)(H,35,39)(H,36,38)/b28-18+. The van der Waals surface area contributed by atoms with E-state index >= 15 is 0 Å². The SMILES string of the molecule is CC(Sc1cccc(NC(=O)/C(=C\c2ccccc2Cl)NC(=O)c2ccccc2)c1)C(=O)Nc1ccc(I)cc1. The molecule has 0 fully saturated rings.